The fourth-order valence-electron chi connectivity index (χ4n) is 2.81. The number of para-hydroxylation sites is 1. The summed E-state index contributed by atoms with van der Waals surface area (Å²) in [6.07, 6.45) is 0. The highest BCUT2D eigenvalue weighted by molar-refractivity contribution is 9.10. The van der Waals surface area contributed by atoms with Crippen LogP contribution >= 0.6 is 15.9 Å². The summed E-state index contributed by atoms with van der Waals surface area (Å²) < 4.78 is 33.8. The molecular weight excluding hydrogens is 456 g/mol. The fourth-order valence-corrected chi connectivity index (χ4v) is 4.34. The molecule has 0 atom stereocenters. The molecule has 2 N–H and O–H groups in total. The third-order valence-electron chi connectivity index (χ3n) is 4.15. The Morgan fingerprint density at radius 3 is 2.34 bits per heavy atom. The number of hydrogen-bond acceptors (Lipinski definition) is 4. The second-order valence-electron chi connectivity index (χ2n) is 6.22. The predicted molar refractivity (Wildman–Crippen MR) is 116 cm³/mol. The number of benzene rings is 3. The molecule has 0 unspecified atom stereocenters. The van der Waals surface area contributed by atoms with Gasteiger partial charge in [0, 0.05) is 11.1 Å². The van der Waals surface area contributed by atoms with Crippen molar-refractivity contribution >= 4 is 54.2 Å². The summed E-state index contributed by atoms with van der Waals surface area (Å²) in [6.45, 7) is 0. The van der Waals surface area contributed by atoms with E-state index in [1.165, 1.54) is 18.2 Å². The van der Waals surface area contributed by atoms with Gasteiger partial charge in [-0.1, -0.05) is 36.4 Å². The van der Waals surface area contributed by atoms with E-state index in [4.69, 9.17) is 4.42 Å². The SMILES string of the molecule is O=C(Nc1cccc(NS(=O)(=O)c2ccccc2)c1)c1cc2cccc(Br)c2o1. The van der Waals surface area contributed by atoms with E-state index in [9.17, 15) is 13.2 Å². The molecule has 29 heavy (non-hydrogen) atoms. The Bertz CT molecular complexity index is 1300. The van der Waals surface area contributed by atoms with Crippen molar-refractivity contribution in [2.45, 2.75) is 4.90 Å². The van der Waals surface area contributed by atoms with Gasteiger partial charge in [-0.25, -0.2) is 8.42 Å². The quantitative estimate of drug-likeness (QED) is 0.416. The molecule has 146 valence electrons. The molecule has 1 amide bonds. The summed E-state index contributed by atoms with van der Waals surface area (Å²) in [5.74, 6) is -0.279. The molecule has 3 aromatic carbocycles. The Morgan fingerprint density at radius 1 is 0.862 bits per heavy atom. The van der Waals surface area contributed by atoms with Gasteiger partial charge >= 0.3 is 0 Å². The molecule has 0 aliphatic heterocycles. The smallest absolute Gasteiger partial charge is 0.291 e. The minimum atomic E-state index is -3.72. The van der Waals surface area contributed by atoms with Gasteiger partial charge in [0.05, 0.1) is 15.1 Å². The normalized spacial score (nSPS) is 11.3. The Hall–Kier alpha value is -3.10. The van der Waals surface area contributed by atoms with Gasteiger partial charge in [-0.2, -0.15) is 0 Å². The summed E-state index contributed by atoms with van der Waals surface area (Å²) >= 11 is 3.39. The maximum atomic E-state index is 12.6. The molecule has 1 heterocycles. The second-order valence-corrected chi connectivity index (χ2v) is 8.76. The van der Waals surface area contributed by atoms with Crippen molar-refractivity contribution in [2.75, 3.05) is 10.0 Å². The molecule has 4 aromatic rings. The summed E-state index contributed by atoms with van der Waals surface area (Å²) in [4.78, 5) is 12.7. The summed E-state index contributed by atoms with van der Waals surface area (Å²) in [5, 5.41) is 3.52. The predicted octanol–water partition coefficient (Wildman–Crippen LogP) is 5.25. The minimum Gasteiger partial charge on any atom is -0.450 e. The molecule has 0 radical (unpaired) electrons. The van der Waals surface area contributed by atoms with Gasteiger partial charge in [0.15, 0.2) is 5.76 Å². The molecular formula is C21H15BrN2O4S. The summed E-state index contributed by atoms with van der Waals surface area (Å²) in [5.41, 5.74) is 1.35. The number of nitrogens with one attached hydrogen (secondary N) is 2. The molecule has 4 rings (SSSR count). The van der Waals surface area contributed by atoms with Crippen LogP contribution in [0.2, 0.25) is 0 Å². The number of furan rings is 1. The van der Waals surface area contributed by atoms with Crippen LogP contribution in [-0.4, -0.2) is 14.3 Å². The number of rotatable bonds is 5. The lowest BCUT2D eigenvalue weighted by atomic mass is 10.2. The van der Waals surface area contributed by atoms with E-state index >= 15 is 0 Å². The second kappa shape index (κ2) is 7.73. The van der Waals surface area contributed by atoms with Gasteiger partial charge in [0.25, 0.3) is 15.9 Å². The summed E-state index contributed by atoms with van der Waals surface area (Å²) in [7, 11) is -3.72. The number of halogens is 1. The minimum absolute atomic E-state index is 0.155. The van der Waals surface area contributed by atoms with Crippen molar-refractivity contribution in [3.8, 4) is 0 Å². The molecule has 1 aromatic heterocycles. The number of hydrogen-bond donors (Lipinski definition) is 2. The zero-order valence-corrected chi connectivity index (χ0v) is 17.3. The Labute approximate surface area is 175 Å². The molecule has 6 nitrogen and oxygen atoms in total. The van der Waals surface area contributed by atoms with E-state index in [0.29, 0.717) is 17.0 Å². The molecule has 0 aliphatic carbocycles. The topological polar surface area (TPSA) is 88.4 Å². The standard InChI is InChI=1S/C21H15BrN2O4S/c22-18-11-4-6-14-12-19(28-20(14)18)21(25)23-15-7-5-8-16(13-15)24-29(26,27)17-9-2-1-3-10-17/h1-13,24H,(H,23,25). The Morgan fingerprint density at radius 2 is 1.59 bits per heavy atom. The molecule has 0 saturated carbocycles. The van der Waals surface area contributed by atoms with E-state index in [2.05, 4.69) is 26.0 Å². The van der Waals surface area contributed by atoms with Gasteiger partial charge < -0.3 is 9.73 Å². The molecule has 0 saturated heterocycles. The van der Waals surface area contributed by atoms with Crippen LogP contribution in [0.4, 0.5) is 11.4 Å². The van der Waals surface area contributed by atoms with Gasteiger partial charge in [-0.05, 0) is 58.4 Å². The molecule has 0 fully saturated rings. The first-order chi connectivity index (χ1) is 13.9. The monoisotopic (exact) mass is 470 g/mol. The number of amides is 1. The van der Waals surface area contributed by atoms with E-state index in [-0.39, 0.29) is 10.7 Å². The number of carbonyl (C=O) groups excluding carboxylic acids is 1. The number of sulfonamides is 1. The maximum Gasteiger partial charge on any atom is 0.291 e. The van der Waals surface area contributed by atoms with Crippen molar-refractivity contribution in [2.24, 2.45) is 0 Å². The van der Waals surface area contributed by atoms with Crippen molar-refractivity contribution < 1.29 is 17.6 Å². The van der Waals surface area contributed by atoms with Crippen LogP contribution in [0.3, 0.4) is 0 Å². The highest BCUT2D eigenvalue weighted by atomic mass is 79.9. The zero-order valence-electron chi connectivity index (χ0n) is 14.9. The van der Waals surface area contributed by atoms with Crippen molar-refractivity contribution in [3.05, 3.63) is 89.1 Å². The average molecular weight is 471 g/mol. The molecule has 0 bridgehead atoms. The summed E-state index contributed by atoms with van der Waals surface area (Å²) in [6, 6.07) is 21.7. The van der Waals surface area contributed by atoms with Crippen LogP contribution in [0, 0.1) is 0 Å². The fraction of sp³-hybridized carbons (Fsp3) is 0. The van der Waals surface area contributed by atoms with Gasteiger partial charge in [-0.15, -0.1) is 0 Å². The number of carbonyl (C=O) groups is 1. The maximum absolute atomic E-state index is 12.6. The van der Waals surface area contributed by atoms with Crippen LogP contribution in [-0.2, 0) is 10.0 Å². The lowest BCUT2D eigenvalue weighted by Crippen LogP contribution is -2.14. The van der Waals surface area contributed by atoms with Gasteiger partial charge in [-0.3, -0.25) is 9.52 Å². The number of fused-ring (bicyclic) bond motifs is 1. The average Bonchev–Trinajstić information content (AvgIpc) is 3.15. The first-order valence-corrected chi connectivity index (χ1v) is 10.9. The Balaban J connectivity index is 1.54. The zero-order chi connectivity index (χ0) is 20.4. The first-order valence-electron chi connectivity index (χ1n) is 8.60. The van der Waals surface area contributed by atoms with E-state index in [0.717, 1.165) is 9.86 Å². The first kappa shape index (κ1) is 19.2. The van der Waals surface area contributed by atoms with Crippen molar-refractivity contribution in [1.82, 2.24) is 0 Å². The van der Waals surface area contributed by atoms with E-state index in [1.54, 1.807) is 42.5 Å². The Kier molecular flexibility index (Phi) is 5.12. The van der Waals surface area contributed by atoms with Crippen LogP contribution in [0.5, 0.6) is 0 Å². The van der Waals surface area contributed by atoms with Crippen LogP contribution < -0.4 is 10.0 Å². The van der Waals surface area contributed by atoms with E-state index in [1.807, 2.05) is 18.2 Å². The van der Waals surface area contributed by atoms with Gasteiger partial charge in [0.1, 0.15) is 5.58 Å². The van der Waals surface area contributed by atoms with Gasteiger partial charge in [0.2, 0.25) is 0 Å². The molecule has 0 spiro atoms. The lowest BCUT2D eigenvalue weighted by molar-refractivity contribution is 0.0998. The largest absolute Gasteiger partial charge is 0.450 e. The number of anilines is 2. The molecule has 8 heteroatoms. The van der Waals surface area contributed by atoms with Crippen molar-refractivity contribution in [3.63, 3.8) is 0 Å². The van der Waals surface area contributed by atoms with E-state index < -0.39 is 15.9 Å². The molecule has 0 aliphatic rings. The third kappa shape index (κ3) is 4.18. The highest BCUT2D eigenvalue weighted by Gasteiger charge is 2.16. The van der Waals surface area contributed by atoms with Crippen molar-refractivity contribution in [1.29, 1.82) is 0 Å². The van der Waals surface area contributed by atoms with Crippen LogP contribution in [0.1, 0.15) is 10.6 Å². The highest BCUT2D eigenvalue weighted by Crippen LogP contribution is 2.27. The lowest BCUT2D eigenvalue weighted by Gasteiger charge is -2.10. The van der Waals surface area contributed by atoms with Crippen LogP contribution in [0.15, 0.2) is 92.6 Å². The van der Waals surface area contributed by atoms with Crippen LogP contribution in [0.25, 0.3) is 11.0 Å². The third-order valence-corrected chi connectivity index (χ3v) is 6.17.